The molecule has 0 unspecified atom stereocenters. The Morgan fingerprint density at radius 1 is 0.286 bits per heavy atom. The predicted octanol–water partition coefficient (Wildman–Crippen LogP) is 19.5. The molecule has 0 aliphatic rings. The number of rotatable bonds is 12. The molecule has 13 aromatic carbocycles. The summed E-state index contributed by atoms with van der Waals surface area (Å²) < 4.78 is 0. The molecule has 5 aromatic heterocycles. The molecule has 20 heteroatoms. The third-order valence-electron chi connectivity index (χ3n) is 18.7. The average Bonchev–Trinajstić information content (AvgIpc) is 0.725. The number of anilines is 6. The van der Waals surface area contributed by atoms with E-state index in [1.165, 1.54) is 44.5 Å². The van der Waals surface area contributed by atoms with Gasteiger partial charge in [-0.3, -0.25) is 0 Å². The average molecular weight is 1700 g/mol. The molecule has 555 valence electrons. The predicted molar refractivity (Wildman–Crippen MR) is 461 cm³/mol. The van der Waals surface area contributed by atoms with E-state index < -0.39 is 0 Å². The molecule has 18 aromatic rings. The summed E-state index contributed by atoms with van der Waals surface area (Å²) >= 11 is 0. The Morgan fingerprint density at radius 2 is 0.546 bits per heavy atom. The number of benzene rings is 13. The Labute approximate surface area is 726 Å². The van der Waals surface area contributed by atoms with Gasteiger partial charge in [0, 0.05) is 71.9 Å². The van der Waals surface area contributed by atoms with Crippen LogP contribution in [0.15, 0.2) is 352 Å². The van der Waals surface area contributed by atoms with Crippen molar-refractivity contribution in [3.63, 3.8) is 0 Å². The van der Waals surface area contributed by atoms with E-state index in [0.29, 0.717) is 5.52 Å². The number of fused-ring (bicyclic) bond motifs is 7. The summed E-state index contributed by atoms with van der Waals surface area (Å²) in [5.41, 5.74) is 21.3. The number of pyridine rings is 2. The molecular weight excluding hydrogens is 1640 g/mol. The van der Waals surface area contributed by atoms with Gasteiger partial charge in [-0.05, 0) is 158 Å². The number of nitrogens with zero attached hydrogens (tertiary/aromatic N) is 15. The monoisotopic (exact) mass is 1700 g/mol. The first-order valence-electron chi connectivity index (χ1n) is 36.1. The molecule has 0 bridgehead atoms. The van der Waals surface area contributed by atoms with Gasteiger partial charge in [0.1, 0.15) is 0 Å². The van der Waals surface area contributed by atoms with Crippen LogP contribution in [0.4, 0.5) is 69.0 Å². The molecule has 0 amide bonds. The normalized spacial score (nSPS) is 10.1. The van der Waals surface area contributed by atoms with Crippen molar-refractivity contribution in [2.24, 2.45) is 0 Å². The first kappa shape index (κ1) is 84.5. The topological polar surface area (TPSA) is 160 Å². The zero-order chi connectivity index (χ0) is 78.8. The van der Waals surface area contributed by atoms with Gasteiger partial charge in [0.05, 0.1) is 0 Å². The van der Waals surface area contributed by atoms with Crippen molar-refractivity contribution in [1.82, 2.24) is 34.9 Å². The van der Waals surface area contributed by atoms with E-state index in [9.17, 15) is 5.11 Å². The van der Waals surface area contributed by atoms with Gasteiger partial charge in [0.15, 0.2) is 6.20 Å². The number of para-hydroxylation sites is 1. The Hall–Kier alpha value is -15.4. The van der Waals surface area contributed by atoms with Gasteiger partial charge in [-0.1, -0.05) is 258 Å². The smallest absolute Gasteiger partial charge is 0.868 e. The zero-order valence-electron chi connectivity index (χ0n) is 64.4. The molecule has 119 heavy (non-hydrogen) atoms. The van der Waals surface area contributed by atoms with Crippen LogP contribution in [0.2, 0.25) is 0 Å². The number of H-pyrrole nitrogens is 1. The van der Waals surface area contributed by atoms with Crippen molar-refractivity contribution in [2.75, 3.05) is 9.80 Å². The minimum absolute atomic E-state index is 0. The molecule has 1 radical (unpaired) electrons. The van der Waals surface area contributed by atoms with E-state index in [1.807, 2.05) is 60.7 Å². The Morgan fingerprint density at radius 3 is 0.790 bits per heavy atom. The van der Waals surface area contributed by atoms with Gasteiger partial charge in [-0.15, -0.1) is 65.8 Å². The van der Waals surface area contributed by atoms with Gasteiger partial charge in [-0.25, -0.2) is 4.98 Å². The molecule has 0 fully saturated rings. The summed E-state index contributed by atoms with van der Waals surface area (Å²) in [6, 6.07) is 121. The molecule has 1 N–H and O–H groups in total. The van der Waals surface area contributed by atoms with Crippen molar-refractivity contribution in [2.45, 2.75) is 0 Å². The largest absolute Gasteiger partial charge is 1.00 e. The molecule has 17 nitrogen and oxygen atoms in total. The Bertz CT molecular complexity index is 6040. The molecule has 18 rings (SSSR count). The number of aromatic nitrogens is 8. The first-order valence-corrected chi connectivity index (χ1v) is 36.1. The van der Waals surface area contributed by atoms with Crippen LogP contribution in [-0.2, 0) is 20.1 Å². The summed E-state index contributed by atoms with van der Waals surface area (Å²) in [6.07, 6.45) is 3.54. The van der Waals surface area contributed by atoms with Crippen LogP contribution in [0.1, 0.15) is 0 Å². The second-order valence-electron chi connectivity index (χ2n) is 25.7. The van der Waals surface area contributed by atoms with Crippen molar-refractivity contribution >= 4 is 113 Å². The van der Waals surface area contributed by atoms with E-state index in [1.54, 1.807) is 24.5 Å². The van der Waals surface area contributed by atoms with Gasteiger partial charge >= 0.3 is 37.7 Å². The van der Waals surface area contributed by atoms with E-state index in [2.05, 4.69) is 352 Å². The van der Waals surface area contributed by atoms with Crippen LogP contribution in [0.25, 0.3) is 140 Å². The summed E-state index contributed by atoms with van der Waals surface area (Å²) in [7, 11) is 0. The summed E-state index contributed by atoms with van der Waals surface area (Å²) in [5, 5.41) is 12.1. The van der Waals surface area contributed by atoms with Crippen molar-refractivity contribution in [1.29, 1.82) is 0 Å². The first-order chi connectivity index (χ1) is 56.7. The fourth-order valence-corrected chi connectivity index (χ4v) is 13.1. The number of hydrogen-bond donors (Lipinski definition) is 0. The second kappa shape index (κ2) is 40.1. The Balaban J connectivity index is 0.000000199. The van der Waals surface area contributed by atoms with E-state index in [4.69, 9.17) is 39.4 Å². The fourth-order valence-electron chi connectivity index (χ4n) is 13.1. The van der Waals surface area contributed by atoms with Crippen LogP contribution in [0.3, 0.4) is 0 Å². The maximum atomic E-state index is 11.1. The molecule has 0 atom stereocenters. The van der Waals surface area contributed by atoms with Crippen LogP contribution in [-0.4, -0.2) is 34.9 Å². The minimum atomic E-state index is -0.283. The van der Waals surface area contributed by atoms with Gasteiger partial charge in [-0.2, -0.15) is 0 Å². The molecule has 0 aliphatic carbocycles. The summed E-state index contributed by atoms with van der Waals surface area (Å²) in [4.78, 5) is 55.9. The molecule has 0 saturated carbocycles. The number of nitrogens with one attached hydrogen (secondary N) is 1. The molecule has 5 heterocycles. The van der Waals surface area contributed by atoms with Gasteiger partial charge in [0.25, 0.3) is 68.0 Å². The molecule has 0 saturated heterocycles. The maximum absolute atomic E-state index is 11.1. The van der Waals surface area contributed by atoms with Crippen LogP contribution in [0.5, 0.6) is 5.75 Å². The number of hydrogen-bond acceptors (Lipinski definition) is 10. The van der Waals surface area contributed by atoms with E-state index >= 15 is 0 Å². The van der Waals surface area contributed by atoms with E-state index in [-0.39, 0.29) is 139 Å². The molecular formula is C99H62IrLi2N16O. The van der Waals surface area contributed by atoms with Crippen molar-refractivity contribution < 1.29 is 67.9 Å². The SMILES string of the molecule is [C-]#[N+]c1nc2c3nc([N+]#[C-])c([N+]#[C-])nc3c3nc([N+]#[C-])c([N+]#[C-])nc3c2nc1[N+]#[C-].[CH3-].[Ir].[Li+].[Li+].[O-]c1cccc2ccc[nH+]c12.[c-]1ccccc1-c1ccccn1.c1ccc(-c2ccc(N(c3ccc(-c4ccccc4)cc3)c3ccc(-c4ccc(N(c5ccc(-c6ccccc6)cc5)c5ccc(-c6ccccc6)cc5)cc4)cc3)cc2)cc1. The maximum Gasteiger partial charge on any atom is 1.00 e. The number of aromatic amines is 1. The quantitative estimate of drug-likeness (QED) is 0.0654. The van der Waals surface area contributed by atoms with Gasteiger partial charge in [0.2, 0.25) is 5.52 Å². The van der Waals surface area contributed by atoms with E-state index in [0.717, 1.165) is 61.9 Å². The second-order valence-corrected chi connectivity index (χ2v) is 25.7. The summed E-state index contributed by atoms with van der Waals surface area (Å²) in [5.74, 6) is -1.65. The van der Waals surface area contributed by atoms with Gasteiger partial charge < -0.3 is 56.4 Å². The van der Waals surface area contributed by atoms with Crippen molar-refractivity contribution in [3.8, 4) is 72.6 Å². The van der Waals surface area contributed by atoms with Crippen LogP contribution >= 0.6 is 0 Å². The standard InChI is InChI=1S/C60H44N2.C18N12.C11H8N.C9H7NO.CH3.Ir.2Li/c1-5-13-45(14-6-1)49-21-33-55(34-22-49)61(56-35-23-50(24-36-56)46-15-7-2-8-16-46)59-41-29-53(30-42-59)54-31-43-60(44-32-54)62(57-37-25-51(26-38-57)47-17-9-3-10-18-47)58-39-27-52(28-40-58)48-19-11-4-12-20-48;1-19-13-14(20-2)26-8-7(25-13)9-11(29-16(22-4)15(21-3)27-9)12-10(8)28-17(23-5)18(24-6)30-12;1-2-6-10(7-3-1)11-8-4-5-9-12-11;11-8-5-1-3-7-4-2-6-10-9(7)8;;;;/h1-44H;;1-6,8-9H;1-6,11H;1H3;;;/q;;-1;;-1;;2*+1. The zero-order valence-corrected chi connectivity index (χ0v) is 66.8. The molecule has 0 spiro atoms. The fraction of sp³-hybridized carbons (Fsp3) is 0. The summed E-state index contributed by atoms with van der Waals surface area (Å²) in [6.45, 7) is 43.5. The third-order valence-corrected chi connectivity index (χ3v) is 18.7. The van der Waals surface area contributed by atoms with Crippen LogP contribution < -0.4 is 57.6 Å². The minimum Gasteiger partial charge on any atom is -0.868 e. The van der Waals surface area contributed by atoms with Crippen LogP contribution in [0, 0.1) is 52.9 Å². The van der Waals surface area contributed by atoms with Crippen molar-refractivity contribution in [3.05, 3.63) is 434 Å². The molecule has 0 aliphatic heterocycles. The third kappa shape index (κ3) is 19.0. The Kier molecular flexibility index (Phi) is 28.5.